The first kappa shape index (κ1) is 31.3. The molecule has 0 unspecified atom stereocenters. The van der Waals surface area contributed by atoms with Gasteiger partial charge in [-0.05, 0) is 72.9 Å². The molecule has 1 N–H and O–H groups in total. The van der Waals surface area contributed by atoms with Gasteiger partial charge < -0.3 is 14.6 Å². The number of aromatic amines is 1. The van der Waals surface area contributed by atoms with Gasteiger partial charge in [0.15, 0.2) is 6.29 Å². The number of carbonyl (C=O) groups is 2. The minimum atomic E-state index is -3.78. The third kappa shape index (κ3) is 7.24. The van der Waals surface area contributed by atoms with Crippen LogP contribution in [0.1, 0.15) is 46.4 Å². The van der Waals surface area contributed by atoms with Crippen LogP contribution in [0.25, 0.3) is 0 Å². The lowest BCUT2D eigenvalue weighted by Crippen LogP contribution is -2.35. The second-order valence-electron chi connectivity index (χ2n) is 9.53. The van der Waals surface area contributed by atoms with Gasteiger partial charge in [0.25, 0.3) is 5.56 Å². The molecular formula is C28H26Cl3F2N3O4S. The number of pyridine rings is 1. The van der Waals surface area contributed by atoms with Gasteiger partial charge in [-0.3, -0.25) is 19.3 Å². The van der Waals surface area contributed by atoms with Gasteiger partial charge in [-0.15, -0.1) is 0 Å². The third-order valence-corrected chi connectivity index (χ3v) is 8.84. The SMILES string of the molecule is COc1cc2c(cc1N1CCCCC1=O)CN(C)C2.O=Cc1c(Sc2c(Cl)cccc2Cl)cc(C(F)(F)Cl)[nH]c1=O. The van der Waals surface area contributed by atoms with Gasteiger partial charge in [0, 0.05) is 35.8 Å². The lowest BCUT2D eigenvalue weighted by molar-refractivity contribution is -0.119. The zero-order chi connectivity index (χ0) is 29.9. The van der Waals surface area contributed by atoms with Gasteiger partial charge in [0.1, 0.15) is 11.4 Å². The van der Waals surface area contributed by atoms with E-state index in [1.165, 1.54) is 11.1 Å². The molecule has 218 valence electrons. The molecule has 3 heterocycles. The molecular weight excluding hydrogens is 619 g/mol. The monoisotopic (exact) mass is 643 g/mol. The largest absolute Gasteiger partial charge is 0.495 e. The highest BCUT2D eigenvalue weighted by atomic mass is 35.5. The number of nitrogens with zero attached hydrogens (tertiary/aromatic N) is 2. The van der Waals surface area contributed by atoms with Crippen molar-refractivity contribution in [2.45, 2.75) is 47.5 Å². The van der Waals surface area contributed by atoms with Crippen LogP contribution < -0.4 is 15.2 Å². The van der Waals surface area contributed by atoms with Crippen LogP contribution in [-0.2, 0) is 23.3 Å². The molecule has 0 spiro atoms. The minimum absolute atomic E-state index is 0.0240. The number of fused-ring (bicyclic) bond motifs is 1. The van der Waals surface area contributed by atoms with Crippen molar-refractivity contribution in [1.29, 1.82) is 0 Å². The summed E-state index contributed by atoms with van der Waals surface area (Å²) in [6, 6.07) is 9.84. The first-order valence-electron chi connectivity index (χ1n) is 12.5. The lowest BCUT2D eigenvalue weighted by Gasteiger charge is -2.28. The highest BCUT2D eigenvalue weighted by molar-refractivity contribution is 7.99. The molecule has 1 amide bonds. The summed E-state index contributed by atoms with van der Waals surface area (Å²) in [6.45, 7) is 2.72. The third-order valence-electron chi connectivity index (χ3n) is 6.58. The fourth-order valence-electron chi connectivity index (χ4n) is 4.61. The maximum absolute atomic E-state index is 13.2. The average Bonchev–Trinajstić information content (AvgIpc) is 3.29. The van der Waals surface area contributed by atoms with Crippen molar-refractivity contribution < 1.29 is 23.1 Å². The minimum Gasteiger partial charge on any atom is -0.495 e. The van der Waals surface area contributed by atoms with E-state index in [2.05, 4.69) is 24.1 Å². The van der Waals surface area contributed by atoms with E-state index in [0.29, 0.717) is 11.3 Å². The summed E-state index contributed by atoms with van der Waals surface area (Å²) >= 11 is 17.7. The van der Waals surface area contributed by atoms with E-state index in [-0.39, 0.29) is 32.7 Å². The van der Waals surface area contributed by atoms with Crippen LogP contribution >= 0.6 is 46.6 Å². The number of nitrogens with one attached hydrogen (secondary N) is 1. The number of rotatable bonds is 6. The van der Waals surface area contributed by atoms with Gasteiger partial charge >= 0.3 is 5.38 Å². The lowest BCUT2D eigenvalue weighted by atomic mass is 10.0. The van der Waals surface area contributed by atoms with Gasteiger partial charge in [-0.25, -0.2) is 0 Å². The fraction of sp³-hybridized carbons (Fsp3) is 0.321. The number of aromatic nitrogens is 1. The molecule has 7 nitrogen and oxygen atoms in total. The standard InChI is InChI=1S/C15H20N2O2.C13H6Cl3F2NO2S/c1-16-9-11-7-13(14(19-2)8-12(11)10-16)17-6-4-3-5-15(17)18;14-7-2-1-3-8(15)11(7)22-9-4-10(13(16,17)18)19-12(21)6(9)5-20/h7-8H,3-6,9-10H2,1-2H3;1-5H,(H,19,21). The predicted molar refractivity (Wildman–Crippen MR) is 157 cm³/mol. The number of anilines is 1. The first-order valence-corrected chi connectivity index (χ1v) is 14.5. The van der Waals surface area contributed by atoms with E-state index in [4.69, 9.17) is 39.5 Å². The predicted octanol–water partition coefficient (Wildman–Crippen LogP) is 7.09. The Hall–Kier alpha value is -2.63. The number of alkyl halides is 3. The second-order valence-corrected chi connectivity index (χ2v) is 11.9. The van der Waals surface area contributed by atoms with E-state index >= 15 is 0 Å². The topological polar surface area (TPSA) is 82.7 Å². The summed E-state index contributed by atoms with van der Waals surface area (Å²) in [6.07, 6.45) is 3.00. The summed E-state index contributed by atoms with van der Waals surface area (Å²) in [5.74, 6) is 1.04. The maximum atomic E-state index is 13.2. The van der Waals surface area contributed by atoms with Gasteiger partial charge in [0.2, 0.25) is 5.91 Å². The van der Waals surface area contributed by atoms with Crippen molar-refractivity contribution in [3.63, 3.8) is 0 Å². The van der Waals surface area contributed by atoms with E-state index in [9.17, 15) is 23.2 Å². The van der Waals surface area contributed by atoms with Crippen LogP contribution in [0.3, 0.4) is 0 Å². The Morgan fingerprint density at radius 2 is 1.73 bits per heavy atom. The van der Waals surface area contributed by atoms with Gasteiger partial charge in [-0.2, -0.15) is 8.78 Å². The number of benzene rings is 2. The number of methoxy groups -OCH3 is 1. The summed E-state index contributed by atoms with van der Waals surface area (Å²) in [5, 5.41) is -3.26. The molecule has 41 heavy (non-hydrogen) atoms. The molecule has 2 aromatic carbocycles. The quantitative estimate of drug-likeness (QED) is 0.228. The zero-order valence-corrected chi connectivity index (χ0v) is 25.2. The Bertz CT molecular complexity index is 1510. The van der Waals surface area contributed by atoms with E-state index in [1.54, 1.807) is 25.3 Å². The Morgan fingerprint density at radius 1 is 1.07 bits per heavy atom. The number of hydrogen-bond donors (Lipinski definition) is 1. The van der Waals surface area contributed by atoms with Crippen molar-refractivity contribution in [3.05, 3.63) is 79.2 Å². The summed E-state index contributed by atoms with van der Waals surface area (Å²) in [5.41, 5.74) is 1.46. The van der Waals surface area contributed by atoms with Crippen LogP contribution in [0.2, 0.25) is 10.0 Å². The molecule has 1 aromatic heterocycles. The molecule has 1 saturated heterocycles. The van der Waals surface area contributed by atoms with E-state index < -0.39 is 16.6 Å². The molecule has 0 radical (unpaired) electrons. The van der Waals surface area contributed by atoms with E-state index in [1.807, 2.05) is 9.88 Å². The van der Waals surface area contributed by atoms with Crippen molar-refractivity contribution >= 4 is 64.4 Å². The zero-order valence-electron chi connectivity index (χ0n) is 22.1. The molecule has 13 heteroatoms. The molecule has 0 aliphatic carbocycles. The van der Waals surface area contributed by atoms with Crippen LogP contribution in [0, 0.1) is 0 Å². The Kier molecular flexibility index (Phi) is 10.0. The molecule has 1 fully saturated rings. The smallest absolute Gasteiger partial charge is 0.362 e. The maximum Gasteiger partial charge on any atom is 0.362 e. The number of aldehydes is 1. The normalized spacial score (nSPS) is 15.3. The molecule has 3 aromatic rings. The van der Waals surface area contributed by atoms with Crippen LogP contribution in [-0.4, -0.2) is 42.8 Å². The van der Waals surface area contributed by atoms with Gasteiger partial charge in [0.05, 0.1) is 28.4 Å². The number of amides is 1. The molecule has 2 aliphatic heterocycles. The summed E-state index contributed by atoms with van der Waals surface area (Å²) in [7, 11) is 3.79. The van der Waals surface area contributed by atoms with Gasteiger partial charge in [-0.1, -0.05) is 41.0 Å². The van der Waals surface area contributed by atoms with Crippen LogP contribution in [0.15, 0.2) is 51.0 Å². The number of H-pyrrole nitrogens is 1. The Balaban J connectivity index is 0.000000191. The van der Waals surface area contributed by atoms with Crippen LogP contribution in [0.4, 0.5) is 14.5 Å². The average molecular weight is 645 g/mol. The van der Waals surface area contributed by atoms with Crippen molar-refractivity contribution in [3.8, 4) is 5.75 Å². The summed E-state index contributed by atoms with van der Waals surface area (Å²) in [4.78, 5) is 41.2. The first-order chi connectivity index (χ1) is 19.4. The van der Waals surface area contributed by atoms with Crippen LogP contribution in [0.5, 0.6) is 5.75 Å². The molecule has 5 rings (SSSR count). The fourth-order valence-corrected chi connectivity index (χ4v) is 6.32. The Morgan fingerprint density at radius 3 is 2.32 bits per heavy atom. The highest BCUT2D eigenvalue weighted by Gasteiger charge is 2.31. The van der Waals surface area contributed by atoms with E-state index in [0.717, 1.165) is 61.7 Å². The molecule has 0 bridgehead atoms. The molecule has 0 saturated carbocycles. The van der Waals surface area contributed by atoms with Crippen molar-refractivity contribution in [2.24, 2.45) is 0 Å². The van der Waals surface area contributed by atoms with Crippen molar-refractivity contribution in [2.75, 3.05) is 25.6 Å². The number of carbonyl (C=O) groups excluding carboxylic acids is 2. The number of halogens is 5. The highest BCUT2D eigenvalue weighted by Crippen LogP contribution is 2.41. The van der Waals surface area contributed by atoms with Crippen molar-refractivity contribution in [1.82, 2.24) is 9.88 Å². The number of piperidine rings is 1. The molecule has 2 aliphatic rings. The summed E-state index contributed by atoms with van der Waals surface area (Å²) < 4.78 is 31.9. The Labute approximate surface area is 254 Å². The number of hydrogen-bond acceptors (Lipinski definition) is 6. The number of ether oxygens (including phenoxy) is 1. The second kappa shape index (κ2) is 13.1. The molecule has 0 atom stereocenters.